The second kappa shape index (κ2) is 6.27. The minimum atomic E-state index is -0.820. The van der Waals surface area contributed by atoms with Gasteiger partial charge in [-0.15, -0.1) is 0 Å². The standard InChI is InChI=1S/C14H17N3O3/c1-3-10-8-15-5-4-11(10)14-16-12(20-17-14)6-9(2)7-13(18)19/h4-5,8-9H,3,6-7H2,1-2H3,(H,18,19). The van der Waals surface area contributed by atoms with Crippen molar-refractivity contribution in [1.29, 1.82) is 0 Å². The van der Waals surface area contributed by atoms with Gasteiger partial charge in [-0.2, -0.15) is 4.98 Å². The number of aryl methyl sites for hydroxylation is 1. The SMILES string of the molecule is CCc1cnccc1-c1noc(CC(C)CC(=O)O)n1. The first-order valence-corrected chi connectivity index (χ1v) is 6.57. The van der Waals surface area contributed by atoms with Crippen molar-refractivity contribution >= 4 is 5.97 Å². The summed E-state index contributed by atoms with van der Waals surface area (Å²) in [7, 11) is 0. The van der Waals surface area contributed by atoms with E-state index in [9.17, 15) is 4.79 Å². The molecule has 0 aliphatic rings. The molecule has 0 fully saturated rings. The maximum atomic E-state index is 10.6. The van der Waals surface area contributed by atoms with E-state index in [-0.39, 0.29) is 12.3 Å². The second-order valence-electron chi connectivity index (χ2n) is 4.81. The molecule has 20 heavy (non-hydrogen) atoms. The van der Waals surface area contributed by atoms with Crippen molar-refractivity contribution in [1.82, 2.24) is 15.1 Å². The van der Waals surface area contributed by atoms with E-state index >= 15 is 0 Å². The lowest BCUT2D eigenvalue weighted by atomic mass is 10.0. The molecule has 6 nitrogen and oxygen atoms in total. The molecule has 1 atom stereocenters. The number of aliphatic carboxylic acids is 1. The normalized spacial score (nSPS) is 12.3. The van der Waals surface area contributed by atoms with Gasteiger partial charge in [0.1, 0.15) is 0 Å². The summed E-state index contributed by atoms with van der Waals surface area (Å²) in [6.45, 7) is 3.89. The minimum Gasteiger partial charge on any atom is -0.481 e. The third-order valence-corrected chi connectivity index (χ3v) is 3.04. The van der Waals surface area contributed by atoms with Gasteiger partial charge in [-0.05, 0) is 24.0 Å². The summed E-state index contributed by atoms with van der Waals surface area (Å²) >= 11 is 0. The molecular formula is C14H17N3O3. The quantitative estimate of drug-likeness (QED) is 0.870. The van der Waals surface area contributed by atoms with Gasteiger partial charge in [-0.3, -0.25) is 9.78 Å². The number of carboxylic acid groups (broad SMARTS) is 1. The zero-order valence-corrected chi connectivity index (χ0v) is 11.5. The zero-order valence-electron chi connectivity index (χ0n) is 11.5. The molecule has 106 valence electrons. The smallest absolute Gasteiger partial charge is 0.303 e. The van der Waals surface area contributed by atoms with Crippen LogP contribution >= 0.6 is 0 Å². The lowest BCUT2D eigenvalue weighted by Gasteiger charge is -2.03. The Balaban J connectivity index is 2.14. The van der Waals surface area contributed by atoms with Crippen LogP contribution in [0.5, 0.6) is 0 Å². The van der Waals surface area contributed by atoms with Crippen LogP contribution in [0.25, 0.3) is 11.4 Å². The number of pyridine rings is 1. The van der Waals surface area contributed by atoms with Crippen molar-refractivity contribution in [3.05, 3.63) is 29.9 Å². The van der Waals surface area contributed by atoms with Crippen LogP contribution in [-0.4, -0.2) is 26.2 Å². The lowest BCUT2D eigenvalue weighted by molar-refractivity contribution is -0.137. The summed E-state index contributed by atoms with van der Waals surface area (Å²) in [4.78, 5) is 19.1. The van der Waals surface area contributed by atoms with Gasteiger partial charge in [0.05, 0.1) is 0 Å². The molecular weight excluding hydrogens is 258 g/mol. The van der Waals surface area contributed by atoms with Crippen LogP contribution in [0.3, 0.4) is 0 Å². The first-order chi connectivity index (χ1) is 9.60. The van der Waals surface area contributed by atoms with Crippen LogP contribution in [0.4, 0.5) is 0 Å². The van der Waals surface area contributed by atoms with Crippen molar-refractivity contribution < 1.29 is 14.4 Å². The van der Waals surface area contributed by atoms with E-state index < -0.39 is 5.97 Å². The van der Waals surface area contributed by atoms with Gasteiger partial charge in [0.25, 0.3) is 0 Å². The fourth-order valence-electron chi connectivity index (χ4n) is 2.04. The van der Waals surface area contributed by atoms with Crippen molar-refractivity contribution in [2.75, 3.05) is 0 Å². The Hall–Kier alpha value is -2.24. The van der Waals surface area contributed by atoms with E-state index in [2.05, 4.69) is 15.1 Å². The number of aromatic nitrogens is 3. The molecule has 6 heteroatoms. The third kappa shape index (κ3) is 3.40. The van der Waals surface area contributed by atoms with Crippen LogP contribution in [0.15, 0.2) is 23.0 Å². The largest absolute Gasteiger partial charge is 0.481 e. The van der Waals surface area contributed by atoms with Gasteiger partial charge in [0, 0.05) is 30.8 Å². The highest BCUT2D eigenvalue weighted by Gasteiger charge is 2.15. The maximum absolute atomic E-state index is 10.6. The topological polar surface area (TPSA) is 89.1 Å². The summed E-state index contributed by atoms with van der Waals surface area (Å²) in [6, 6.07) is 1.86. The van der Waals surface area contributed by atoms with Gasteiger partial charge in [-0.1, -0.05) is 19.0 Å². The van der Waals surface area contributed by atoms with E-state index in [0.717, 1.165) is 17.5 Å². The Morgan fingerprint density at radius 3 is 3.00 bits per heavy atom. The van der Waals surface area contributed by atoms with E-state index in [1.165, 1.54) is 0 Å². The first kappa shape index (κ1) is 14.2. The predicted octanol–water partition coefficient (Wildman–Crippen LogP) is 2.35. The molecule has 0 amide bonds. The number of rotatable bonds is 6. The number of carbonyl (C=O) groups is 1. The average Bonchev–Trinajstić information content (AvgIpc) is 2.85. The van der Waals surface area contributed by atoms with E-state index in [1.807, 2.05) is 19.9 Å². The number of hydrogen-bond acceptors (Lipinski definition) is 5. The molecule has 1 N–H and O–H groups in total. The van der Waals surface area contributed by atoms with E-state index in [0.29, 0.717) is 18.1 Å². The third-order valence-electron chi connectivity index (χ3n) is 3.04. The molecule has 0 aliphatic carbocycles. The highest BCUT2D eigenvalue weighted by molar-refractivity contribution is 5.67. The van der Waals surface area contributed by atoms with E-state index in [4.69, 9.17) is 9.63 Å². The number of hydrogen-bond donors (Lipinski definition) is 1. The van der Waals surface area contributed by atoms with Crippen LogP contribution in [0.1, 0.15) is 31.7 Å². The van der Waals surface area contributed by atoms with Crippen molar-refractivity contribution in [2.45, 2.75) is 33.1 Å². The zero-order chi connectivity index (χ0) is 14.5. The fraction of sp³-hybridized carbons (Fsp3) is 0.429. The first-order valence-electron chi connectivity index (χ1n) is 6.57. The molecule has 2 aromatic rings. The Bertz CT molecular complexity index is 595. The van der Waals surface area contributed by atoms with Crippen molar-refractivity contribution in [3.8, 4) is 11.4 Å². The highest BCUT2D eigenvalue weighted by atomic mass is 16.5. The molecule has 0 spiro atoms. The van der Waals surface area contributed by atoms with Crippen LogP contribution in [0.2, 0.25) is 0 Å². The van der Waals surface area contributed by atoms with Gasteiger partial charge in [0.2, 0.25) is 11.7 Å². The monoisotopic (exact) mass is 275 g/mol. The molecule has 2 aromatic heterocycles. The molecule has 0 aliphatic heterocycles. The van der Waals surface area contributed by atoms with Crippen molar-refractivity contribution in [3.63, 3.8) is 0 Å². The fourth-order valence-corrected chi connectivity index (χ4v) is 2.04. The molecule has 2 rings (SSSR count). The maximum Gasteiger partial charge on any atom is 0.303 e. The van der Waals surface area contributed by atoms with E-state index in [1.54, 1.807) is 12.4 Å². The Kier molecular flexibility index (Phi) is 4.45. The molecule has 0 radical (unpaired) electrons. The summed E-state index contributed by atoms with van der Waals surface area (Å²) in [5.74, 6) is 0.137. The summed E-state index contributed by atoms with van der Waals surface area (Å²) in [5.41, 5.74) is 1.96. The Morgan fingerprint density at radius 1 is 1.50 bits per heavy atom. The highest BCUT2D eigenvalue weighted by Crippen LogP contribution is 2.21. The Labute approximate surface area is 116 Å². The molecule has 0 aromatic carbocycles. The lowest BCUT2D eigenvalue weighted by Crippen LogP contribution is -2.07. The second-order valence-corrected chi connectivity index (χ2v) is 4.81. The van der Waals surface area contributed by atoms with Crippen LogP contribution in [0, 0.1) is 5.92 Å². The summed E-state index contributed by atoms with van der Waals surface area (Å²) < 4.78 is 5.20. The summed E-state index contributed by atoms with van der Waals surface area (Å²) in [6.07, 6.45) is 4.87. The average molecular weight is 275 g/mol. The minimum absolute atomic E-state index is 0.0381. The van der Waals surface area contributed by atoms with Gasteiger partial charge in [0.15, 0.2) is 0 Å². The molecule has 0 bridgehead atoms. The van der Waals surface area contributed by atoms with Gasteiger partial charge >= 0.3 is 5.97 Å². The number of nitrogens with zero attached hydrogens (tertiary/aromatic N) is 3. The Morgan fingerprint density at radius 2 is 2.30 bits per heavy atom. The predicted molar refractivity (Wildman–Crippen MR) is 72.0 cm³/mol. The van der Waals surface area contributed by atoms with Gasteiger partial charge < -0.3 is 9.63 Å². The molecule has 1 unspecified atom stereocenters. The van der Waals surface area contributed by atoms with Gasteiger partial charge in [-0.25, -0.2) is 0 Å². The summed E-state index contributed by atoms with van der Waals surface area (Å²) in [5, 5.41) is 12.7. The van der Waals surface area contributed by atoms with Crippen LogP contribution in [-0.2, 0) is 17.6 Å². The molecule has 0 saturated heterocycles. The van der Waals surface area contributed by atoms with Crippen LogP contribution < -0.4 is 0 Å². The molecule has 0 saturated carbocycles. The van der Waals surface area contributed by atoms with Crippen molar-refractivity contribution in [2.24, 2.45) is 5.92 Å². The molecule has 2 heterocycles. The number of carboxylic acids is 1.